The van der Waals surface area contributed by atoms with Gasteiger partial charge in [-0.2, -0.15) is 5.10 Å². The summed E-state index contributed by atoms with van der Waals surface area (Å²) in [5, 5.41) is 10.8. The van der Waals surface area contributed by atoms with E-state index in [1.54, 1.807) is 51.6 Å². The van der Waals surface area contributed by atoms with Crippen molar-refractivity contribution in [3.63, 3.8) is 0 Å². The number of rotatable bonds is 7. The molecule has 2 amide bonds. The number of nitrogens with zero attached hydrogens (tertiary/aromatic N) is 5. The molecule has 0 atom stereocenters. The molecular formula is C25H26N8O2. The fraction of sp³-hybridized carbons (Fsp3) is 0.200. The first-order chi connectivity index (χ1) is 16.8. The number of amides is 2. The first-order valence-corrected chi connectivity index (χ1v) is 11.0. The van der Waals surface area contributed by atoms with Crippen LogP contribution in [0.2, 0.25) is 0 Å². The molecule has 0 aliphatic rings. The number of nitrogens with one attached hydrogen (secondary N) is 3. The quantitative estimate of drug-likeness (QED) is 0.278. The fourth-order valence-electron chi connectivity index (χ4n) is 3.56. The summed E-state index contributed by atoms with van der Waals surface area (Å²) in [6, 6.07) is 5.57. The summed E-state index contributed by atoms with van der Waals surface area (Å²) in [7, 11) is 3.38. The van der Waals surface area contributed by atoms with Crippen LogP contribution in [0.15, 0.2) is 49.3 Å². The molecule has 0 unspecified atom stereocenters. The smallest absolute Gasteiger partial charge is 0.255 e. The SMILES string of the molecule is C=C/C=C(/C(=O)N(C)C)c1nc(-c2[nH]nc3ncc(-c4ccc(NC(=O)CC)nc4)cc23)[nH]c1C. The van der Waals surface area contributed by atoms with Crippen molar-refractivity contribution in [2.45, 2.75) is 20.3 Å². The molecule has 35 heavy (non-hydrogen) atoms. The minimum atomic E-state index is -0.171. The maximum Gasteiger partial charge on any atom is 0.255 e. The Hall–Kier alpha value is -4.60. The molecule has 0 saturated carbocycles. The van der Waals surface area contributed by atoms with Gasteiger partial charge in [-0.3, -0.25) is 14.7 Å². The summed E-state index contributed by atoms with van der Waals surface area (Å²) < 4.78 is 0. The number of likely N-dealkylation sites (N-methyl/N-ethyl adjacent to an activating group) is 1. The second-order valence-corrected chi connectivity index (χ2v) is 8.10. The molecule has 4 rings (SSSR count). The first kappa shape index (κ1) is 23.6. The maximum atomic E-state index is 12.7. The van der Waals surface area contributed by atoms with E-state index in [9.17, 15) is 9.59 Å². The number of fused-ring (bicyclic) bond motifs is 1. The van der Waals surface area contributed by atoms with Crippen molar-refractivity contribution in [1.29, 1.82) is 0 Å². The number of aromatic amines is 2. The summed E-state index contributed by atoms with van der Waals surface area (Å²) in [6.45, 7) is 7.37. The lowest BCUT2D eigenvalue weighted by Gasteiger charge is -2.12. The van der Waals surface area contributed by atoms with E-state index >= 15 is 0 Å². The number of aromatic nitrogens is 6. The van der Waals surface area contributed by atoms with Crippen molar-refractivity contribution in [3.05, 3.63) is 60.7 Å². The van der Waals surface area contributed by atoms with E-state index in [1.165, 1.54) is 4.90 Å². The summed E-state index contributed by atoms with van der Waals surface area (Å²) in [5.41, 5.74) is 4.58. The van der Waals surface area contributed by atoms with Gasteiger partial charge in [0.05, 0.1) is 16.7 Å². The van der Waals surface area contributed by atoms with Crippen molar-refractivity contribution in [3.8, 4) is 22.6 Å². The van der Waals surface area contributed by atoms with Gasteiger partial charge in [0, 0.05) is 49.7 Å². The Morgan fingerprint density at radius 1 is 1.17 bits per heavy atom. The van der Waals surface area contributed by atoms with Crippen molar-refractivity contribution in [1.82, 2.24) is 35.0 Å². The molecule has 0 radical (unpaired) electrons. The van der Waals surface area contributed by atoms with Gasteiger partial charge in [-0.25, -0.2) is 15.0 Å². The number of hydrogen-bond acceptors (Lipinski definition) is 6. The lowest BCUT2D eigenvalue weighted by Crippen LogP contribution is -2.23. The van der Waals surface area contributed by atoms with Crippen molar-refractivity contribution in [2.24, 2.45) is 0 Å². The molecule has 0 aliphatic heterocycles. The number of hydrogen-bond donors (Lipinski definition) is 3. The third kappa shape index (κ3) is 4.72. The second-order valence-electron chi connectivity index (χ2n) is 8.10. The zero-order chi connectivity index (χ0) is 25.1. The highest BCUT2D eigenvalue weighted by Gasteiger charge is 2.21. The van der Waals surface area contributed by atoms with Gasteiger partial charge >= 0.3 is 0 Å². The van der Waals surface area contributed by atoms with Crippen molar-refractivity contribution >= 4 is 34.2 Å². The third-order valence-electron chi connectivity index (χ3n) is 5.39. The molecule has 0 fully saturated rings. The third-order valence-corrected chi connectivity index (χ3v) is 5.39. The number of allylic oxidation sites excluding steroid dienone is 2. The zero-order valence-electron chi connectivity index (χ0n) is 20.0. The van der Waals surface area contributed by atoms with E-state index in [2.05, 4.69) is 37.0 Å². The van der Waals surface area contributed by atoms with Gasteiger partial charge in [0.1, 0.15) is 11.5 Å². The van der Waals surface area contributed by atoms with Gasteiger partial charge < -0.3 is 15.2 Å². The fourth-order valence-corrected chi connectivity index (χ4v) is 3.56. The lowest BCUT2D eigenvalue weighted by atomic mass is 10.1. The van der Waals surface area contributed by atoms with Crippen LogP contribution in [0.5, 0.6) is 0 Å². The standard InChI is InChI=1S/C25H26N8O2/c1-6-8-17(25(35)33(4)5)21-14(3)28-24(30-21)22-18-11-16(13-27-23(18)32-31-22)15-9-10-19(26-12-15)29-20(34)7-2/h6,8-13H,1,7H2,2-5H3,(H,28,30)(H,26,29,34)(H,27,31,32)/b17-8+. The molecule has 0 aliphatic carbocycles. The lowest BCUT2D eigenvalue weighted by molar-refractivity contribution is -0.122. The Morgan fingerprint density at radius 2 is 1.94 bits per heavy atom. The number of pyridine rings is 2. The van der Waals surface area contributed by atoms with E-state index in [0.29, 0.717) is 40.7 Å². The van der Waals surface area contributed by atoms with Crippen LogP contribution < -0.4 is 5.32 Å². The second kappa shape index (κ2) is 9.72. The van der Waals surface area contributed by atoms with Crippen LogP contribution in [0.3, 0.4) is 0 Å². The van der Waals surface area contributed by atoms with Crippen LogP contribution in [-0.4, -0.2) is 60.9 Å². The van der Waals surface area contributed by atoms with Gasteiger partial charge in [-0.05, 0) is 31.2 Å². The molecule has 10 nitrogen and oxygen atoms in total. The maximum absolute atomic E-state index is 12.7. The summed E-state index contributed by atoms with van der Waals surface area (Å²) in [6.07, 6.45) is 7.00. The van der Waals surface area contributed by atoms with Crippen LogP contribution in [0.4, 0.5) is 5.82 Å². The van der Waals surface area contributed by atoms with Gasteiger partial charge in [-0.1, -0.05) is 19.6 Å². The highest BCUT2D eigenvalue weighted by Crippen LogP contribution is 2.30. The van der Waals surface area contributed by atoms with Crippen LogP contribution in [0.1, 0.15) is 24.7 Å². The Labute approximate surface area is 202 Å². The zero-order valence-corrected chi connectivity index (χ0v) is 20.0. The molecule has 0 bridgehead atoms. The highest BCUT2D eigenvalue weighted by atomic mass is 16.2. The van der Waals surface area contributed by atoms with Crippen LogP contribution in [-0.2, 0) is 9.59 Å². The van der Waals surface area contributed by atoms with E-state index in [4.69, 9.17) is 4.98 Å². The van der Waals surface area contributed by atoms with Gasteiger partial charge in [0.15, 0.2) is 11.5 Å². The van der Waals surface area contributed by atoms with E-state index in [1.807, 2.05) is 19.1 Å². The number of carbonyl (C=O) groups excluding carboxylic acids is 2. The van der Waals surface area contributed by atoms with Crippen LogP contribution in [0, 0.1) is 6.92 Å². The topological polar surface area (TPSA) is 133 Å². The molecule has 0 aromatic carbocycles. The summed E-state index contributed by atoms with van der Waals surface area (Å²) >= 11 is 0. The normalized spacial score (nSPS) is 11.5. The summed E-state index contributed by atoms with van der Waals surface area (Å²) in [5.74, 6) is 0.766. The Balaban J connectivity index is 1.72. The molecule has 10 heteroatoms. The van der Waals surface area contributed by atoms with Crippen LogP contribution >= 0.6 is 0 Å². The van der Waals surface area contributed by atoms with Crippen molar-refractivity contribution < 1.29 is 9.59 Å². The minimum absolute atomic E-state index is 0.0946. The van der Waals surface area contributed by atoms with E-state index in [-0.39, 0.29) is 11.8 Å². The van der Waals surface area contributed by atoms with Gasteiger partial charge in [0.2, 0.25) is 5.91 Å². The monoisotopic (exact) mass is 470 g/mol. The predicted octanol–water partition coefficient (Wildman–Crippen LogP) is 3.72. The van der Waals surface area contributed by atoms with E-state index < -0.39 is 0 Å². The number of H-pyrrole nitrogens is 2. The summed E-state index contributed by atoms with van der Waals surface area (Å²) in [4.78, 5) is 42.5. The number of carbonyl (C=O) groups is 2. The largest absolute Gasteiger partial charge is 0.345 e. The number of aryl methyl sites for hydroxylation is 1. The minimum Gasteiger partial charge on any atom is -0.345 e. The molecule has 0 spiro atoms. The van der Waals surface area contributed by atoms with Crippen LogP contribution in [0.25, 0.3) is 39.3 Å². The van der Waals surface area contributed by atoms with Crippen molar-refractivity contribution in [2.75, 3.05) is 19.4 Å². The molecule has 178 valence electrons. The average Bonchev–Trinajstić information content (AvgIpc) is 3.45. The molecule has 3 N–H and O–H groups in total. The molecule has 4 heterocycles. The molecular weight excluding hydrogens is 444 g/mol. The molecule has 4 aromatic heterocycles. The van der Waals surface area contributed by atoms with Gasteiger partial charge in [-0.15, -0.1) is 0 Å². The van der Waals surface area contributed by atoms with E-state index in [0.717, 1.165) is 22.2 Å². The highest BCUT2D eigenvalue weighted by molar-refractivity contribution is 6.19. The Bertz CT molecular complexity index is 1440. The Kier molecular flexibility index (Phi) is 6.54. The molecule has 0 saturated heterocycles. The predicted molar refractivity (Wildman–Crippen MR) is 135 cm³/mol. The number of anilines is 1. The Morgan fingerprint density at radius 3 is 2.60 bits per heavy atom. The van der Waals surface area contributed by atoms with Gasteiger partial charge in [0.25, 0.3) is 5.91 Å². The number of imidazole rings is 1. The average molecular weight is 471 g/mol. The molecule has 4 aromatic rings. The first-order valence-electron chi connectivity index (χ1n) is 11.0.